The van der Waals surface area contributed by atoms with Gasteiger partial charge in [0.1, 0.15) is 5.78 Å². The first-order valence-electron chi connectivity index (χ1n) is 18.7. The topological polar surface area (TPSA) is 139 Å². The van der Waals surface area contributed by atoms with Gasteiger partial charge in [-0.25, -0.2) is 0 Å². The number of phenols is 3. The Bertz CT molecular complexity index is 1730. The molecule has 0 unspecified atom stereocenters. The van der Waals surface area contributed by atoms with Gasteiger partial charge in [0.05, 0.1) is 19.8 Å². The van der Waals surface area contributed by atoms with Crippen molar-refractivity contribution in [1.29, 1.82) is 0 Å². The van der Waals surface area contributed by atoms with Crippen molar-refractivity contribution in [3.63, 3.8) is 0 Å². The molecule has 1 aliphatic heterocycles. The fourth-order valence-corrected chi connectivity index (χ4v) is 9.54. The lowest BCUT2D eigenvalue weighted by Crippen LogP contribution is -2.66. The molecule has 8 nitrogen and oxygen atoms in total. The number of carbonyl (C=O) groups excluding carboxylic acids is 1. The largest absolute Gasteiger partial charge is 0.504 e. The number of carbonyl (C=O) groups is 1. The molecule has 2 aliphatic carbocycles. The van der Waals surface area contributed by atoms with Gasteiger partial charge in [0.25, 0.3) is 0 Å². The van der Waals surface area contributed by atoms with E-state index in [2.05, 4.69) is 36.2 Å². The van der Waals surface area contributed by atoms with Gasteiger partial charge in [-0.05, 0) is 72.2 Å². The van der Waals surface area contributed by atoms with E-state index in [1.807, 2.05) is 24.3 Å². The second kappa shape index (κ2) is 16.1. The van der Waals surface area contributed by atoms with E-state index in [1.165, 1.54) is 19.2 Å². The number of hydrogen-bond acceptors (Lipinski definition) is 8. The average molecular weight is 696 g/mol. The summed E-state index contributed by atoms with van der Waals surface area (Å²) < 4.78 is 5.52. The maximum atomic E-state index is 15.0. The molecule has 0 spiro atoms. The number of rotatable bonds is 10. The van der Waals surface area contributed by atoms with E-state index < -0.39 is 29.3 Å². The summed E-state index contributed by atoms with van der Waals surface area (Å²) in [6, 6.07) is 18.4. The highest BCUT2D eigenvalue weighted by molar-refractivity contribution is 5.83. The van der Waals surface area contributed by atoms with Crippen molar-refractivity contribution in [2.24, 2.45) is 23.7 Å². The number of ether oxygens (including phenoxy) is 1. The molecule has 6 rings (SSSR count). The molecule has 51 heavy (non-hydrogen) atoms. The Kier molecular flexibility index (Phi) is 11.6. The van der Waals surface area contributed by atoms with Gasteiger partial charge in [-0.3, -0.25) is 4.79 Å². The van der Waals surface area contributed by atoms with Crippen LogP contribution in [0.15, 0.2) is 60.7 Å². The molecule has 3 aliphatic rings. The molecule has 8 atom stereocenters. The van der Waals surface area contributed by atoms with Crippen LogP contribution in [-0.4, -0.2) is 57.1 Å². The number of Topliss-reactive ketones (excluding diaryl/α,β-unsaturated/α-hetero) is 1. The molecule has 0 amide bonds. The maximum absolute atomic E-state index is 15.0. The number of hydrogen-bond donors (Lipinski definition) is 6. The maximum Gasteiger partial charge on any atom is 0.160 e. The second-order valence-electron chi connectivity index (χ2n) is 14.9. The van der Waals surface area contributed by atoms with Gasteiger partial charge in [-0.2, -0.15) is 0 Å². The standard InChI is InChI=1S/C43H53NO7/c1-3-4-6-13-32-36(47)23-33(34-24-39(51-2)38(49)21-30(34)26-45)28(20-27-11-7-5-8-12-27)15-16-29-25-44-40-14-9-10-19-43(40,41(29)42(32)50)31-17-18-35(46)37(48)22-31/h5,7-8,11-12,17-18,21-22,24,28-29,32-33,40-42,44-46,48-50H,3-4,6,9-10,13-14,19-20,23,25-26H2,1-2H3/t28-,29+,32+,33+,40+,41+,42-,43-/m0/s1. The zero-order chi connectivity index (χ0) is 36.1. The van der Waals surface area contributed by atoms with Crippen LogP contribution in [0.2, 0.25) is 0 Å². The van der Waals surface area contributed by atoms with Gasteiger partial charge in [-0.15, -0.1) is 0 Å². The second-order valence-corrected chi connectivity index (χ2v) is 14.9. The third-order valence-electron chi connectivity index (χ3n) is 12.1. The predicted octanol–water partition coefficient (Wildman–Crippen LogP) is 6.50. The zero-order valence-corrected chi connectivity index (χ0v) is 29.9. The Morgan fingerprint density at radius 3 is 2.49 bits per heavy atom. The van der Waals surface area contributed by atoms with Crippen LogP contribution in [0, 0.1) is 35.5 Å². The molecule has 0 radical (unpaired) electrons. The minimum Gasteiger partial charge on any atom is -0.504 e. The van der Waals surface area contributed by atoms with Gasteiger partial charge in [0.15, 0.2) is 23.0 Å². The van der Waals surface area contributed by atoms with Crippen LogP contribution in [0.3, 0.4) is 0 Å². The molecule has 0 aromatic heterocycles. The minimum absolute atomic E-state index is 0.00617. The Morgan fingerprint density at radius 2 is 1.76 bits per heavy atom. The van der Waals surface area contributed by atoms with Crippen molar-refractivity contribution in [3.8, 4) is 34.8 Å². The number of benzene rings is 3. The van der Waals surface area contributed by atoms with E-state index in [0.29, 0.717) is 30.5 Å². The van der Waals surface area contributed by atoms with Gasteiger partial charge in [-0.1, -0.05) is 87.3 Å². The van der Waals surface area contributed by atoms with Crippen molar-refractivity contribution in [3.05, 3.63) is 82.9 Å². The third-order valence-corrected chi connectivity index (χ3v) is 12.1. The third kappa shape index (κ3) is 7.35. The zero-order valence-electron chi connectivity index (χ0n) is 29.9. The fraction of sp³-hybridized carbons (Fsp3) is 0.512. The van der Waals surface area contributed by atoms with E-state index in [1.54, 1.807) is 12.1 Å². The smallest absolute Gasteiger partial charge is 0.160 e. The Balaban J connectivity index is 1.56. The molecule has 1 saturated carbocycles. The number of aliphatic hydroxyl groups excluding tert-OH is 2. The molecule has 3 aromatic rings. The van der Waals surface area contributed by atoms with Crippen LogP contribution in [-0.2, 0) is 23.2 Å². The van der Waals surface area contributed by atoms with Gasteiger partial charge < -0.3 is 35.6 Å². The summed E-state index contributed by atoms with van der Waals surface area (Å²) in [5.41, 5.74) is 2.53. The fourth-order valence-electron chi connectivity index (χ4n) is 9.54. The first-order chi connectivity index (χ1) is 24.7. The number of fused-ring (bicyclic) bond motifs is 3. The van der Waals surface area contributed by atoms with E-state index in [9.17, 15) is 30.3 Å². The lowest BCUT2D eigenvalue weighted by molar-refractivity contribution is -0.132. The lowest BCUT2D eigenvalue weighted by atomic mass is 9.51. The number of unbranched alkanes of at least 4 members (excludes halogenated alkanes) is 2. The van der Waals surface area contributed by atoms with Crippen LogP contribution in [0.4, 0.5) is 0 Å². The highest BCUT2D eigenvalue weighted by Crippen LogP contribution is 2.54. The molecule has 6 N–H and O–H groups in total. The number of aliphatic hydroxyl groups is 2. The van der Waals surface area contributed by atoms with E-state index in [4.69, 9.17) is 4.74 Å². The number of phenolic OH excluding ortho intramolecular Hbond substituents is 3. The molecule has 3 aromatic carbocycles. The van der Waals surface area contributed by atoms with Crippen molar-refractivity contribution in [1.82, 2.24) is 5.32 Å². The first kappa shape index (κ1) is 36.8. The number of aromatic hydroxyl groups is 3. The molecule has 0 bridgehead atoms. The van der Waals surface area contributed by atoms with Crippen molar-refractivity contribution in [2.75, 3.05) is 13.7 Å². The van der Waals surface area contributed by atoms with Crippen molar-refractivity contribution < 1.29 is 35.1 Å². The highest BCUT2D eigenvalue weighted by Gasteiger charge is 2.57. The summed E-state index contributed by atoms with van der Waals surface area (Å²) in [6.45, 7) is 2.35. The molecule has 1 saturated heterocycles. The summed E-state index contributed by atoms with van der Waals surface area (Å²) >= 11 is 0. The van der Waals surface area contributed by atoms with Gasteiger partial charge in [0.2, 0.25) is 0 Å². The van der Waals surface area contributed by atoms with Crippen LogP contribution in [0.1, 0.15) is 92.9 Å². The number of piperidine rings is 1. The molecule has 272 valence electrons. The molecule has 8 heteroatoms. The number of methoxy groups -OCH3 is 1. The number of ketones is 1. The quantitative estimate of drug-likeness (QED) is 0.0804. The molecular formula is C43H53NO7. The highest BCUT2D eigenvalue weighted by atomic mass is 16.5. The first-order valence-corrected chi connectivity index (χ1v) is 18.7. The Labute approximate surface area is 301 Å². The van der Waals surface area contributed by atoms with Gasteiger partial charge in [0, 0.05) is 54.0 Å². The van der Waals surface area contributed by atoms with Crippen molar-refractivity contribution in [2.45, 2.75) is 101 Å². The van der Waals surface area contributed by atoms with E-state index in [0.717, 1.165) is 56.1 Å². The van der Waals surface area contributed by atoms with E-state index >= 15 is 0 Å². The lowest BCUT2D eigenvalue weighted by Gasteiger charge is -2.57. The van der Waals surface area contributed by atoms with Crippen LogP contribution in [0.25, 0.3) is 0 Å². The van der Waals surface area contributed by atoms with Crippen LogP contribution in [0.5, 0.6) is 23.0 Å². The summed E-state index contributed by atoms with van der Waals surface area (Å²) in [5, 5.41) is 58.8. The van der Waals surface area contributed by atoms with Crippen molar-refractivity contribution >= 4 is 5.78 Å². The summed E-state index contributed by atoms with van der Waals surface area (Å²) in [6.07, 6.45) is 6.55. The van der Waals surface area contributed by atoms with Crippen LogP contribution >= 0.6 is 0 Å². The van der Waals surface area contributed by atoms with Crippen LogP contribution < -0.4 is 10.1 Å². The summed E-state index contributed by atoms with van der Waals surface area (Å²) in [5.74, 6) is 4.97. The summed E-state index contributed by atoms with van der Waals surface area (Å²) in [7, 11) is 1.48. The SMILES string of the molecule is CCCCC[C@@H]1C(=O)C[C@@H](c2cc(OC)c(O)cc2CO)[C@H](Cc2ccccc2)C#C[C@@H]2CN[C@@H]3CCCC[C@@]3(c3ccc(O)c(O)c3)[C@H]2[C@H]1O. The molecular weight excluding hydrogens is 642 g/mol. The van der Waals surface area contributed by atoms with E-state index in [-0.39, 0.29) is 59.7 Å². The monoisotopic (exact) mass is 695 g/mol. The Morgan fingerprint density at radius 1 is 0.961 bits per heavy atom. The summed E-state index contributed by atoms with van der Waals surface area (Å²) in [4.78, 5) is 15.0. The Hall–Kier alpha value is -4.03. The molecule has 1 heterocycles. The predicted molar refractivity (Wildman–Crippen MR) is 197 cm³/mol. The number of nitrogens with one attached hydrogen (secondary N) is 1. The average Bonchev–Trinajstić information content (AvgIpc) is 3.14. The molecule has 2 fully saturated rings. The minimum atomic E-state index is -0.995. The normalized spacial score (nSPS) is 29.3. The van der Waals surface area contributed by atoms with Gasteiger partial charge >= 0.3 is 0 Å².